The van der Waals surface area contributed by atoms with Gasteiger partial charge in [-0.15, -0.1) is 0 Å². The SMILES string of the molecule is O=C(OCc1ccccc1)c1ccc2c(c1)SC(C(=O)I)N2. The highest BCUT2D eigenvalue weighted by atomic mass is 127. The Hall–Kier alpha value is -1.54. The van der Waals surface area contributed by atoms with E-state index in [4.69, 9.17) is 4.74 Å². The molecule has 0 amide bonds. The molecule has 2 aromatic carbocycles. The summed E-state index contributed by atoms with van der Waals surface area (Å²) in [5.74, 6) is -0.364. The zero-order valence-electron chi connectivity index (χ0n) is 11.4. The van der Waals surface area contributed by atoms with Crippen molar-refractivity contribution in [1.29, 1.82) is 0 Å². The van der Waals surface area contributed by atoms with Gasteiger partial charge in [0.15, 0.2) is 0 Å². The number of hydrogen-bond donors (Lipinski definition) is 1. The molecular formula is C16H12INO3S. The molecule has 1 atom stereocenters. The number of benzene rings is 2. The van der Waals surface area contributed by atoms with Crippen molar-refractivity contribution in [3.8, 4) is 0 Å². The molecule has 0 bridgehead atoms. The molecule has 1 aliphatic heterocycles. The van der Waals surface area contributed by atoms with Crippen LogP contribution in [0.5, 0.6) is 0 Å². The Balaban J connectivity index is 1.67. The van der Waals surface area contributed by atoms with Crippen molar-refractivity contribution in [3.05, 3.63) is 59.7 Å². The Morgan fingerprint density at radius 2 is 1.95 bits per heavy atom. The summed E-state index contributed by atoms with van der Waals surface area (Å²) >= 11 is 3.19. The highest BCUT2D eigenvalue weighted by molar-refractivity contribution is 14.1. The van der Waals surface area contributed by atoms with Gasteiger partial charge in [0.1, 0.15) is 12.0 Å². The van der Waals surface area contributed by atoms with Crippen LogP contribution in [0.25, 0.3) is 0 Å². The summed E-state index contributed by atoms with van der Waals surface area (Å²) in [5.41, 5.74) is 2.31. The Kier molecular flexibility index (Phi) is 4.68. The Bertz CT molecular complexity index is 721. The summed E-state index contributed by atoms with van der Waals surface area (Å²) in [5, 5.41) is 2.83. The molecule has 3 rings (SSSR count). The van der Waals surface area contributed by atoms with Gasteiger partial charge < -0.3 is 10.1 Å². The van der Waals surface area contributed by atoms with Gasteiger partial charge in [0.25, 0.3) is 0 Å². The minimum atomic E-state index is -0.364. The van der Waals surface area contributed by atoms with Gasteiger partial charge in [-0.3, -0.25) is 4.79 Å². The quantitative estimate of drug-likeness (QED) is 0.458. The van der Waals surface area contributed by atoms with Gasteiger partial charge in [-0.05, 0) is 23.8 Å². The third-order valence-corrected chi connectivity index (χ3v) is 5.37. The van der Waals surface area contributed by atoms with Crippen molar-refractivity contribution in [3.63, 3.8) is 0 Å². The number of carbonyl (C=O) groups excluding carboxylic acids is 2. The fourth-order valence-electron chi connectivity index (χ4n) is 2.07. The molecule has 0 radical (unpaired) electrons. The summed E-state index contributed by atoms with van der Waals surface area (Å²) in [7, 11) is 0. The van der Waals surface area contributed by atoms with Gasteiger partial charge in [-0.25, -0.2) is 4.79 Å². The van der Waals surface area contributed by atoms with Gasteiger partial charge in [-0.2, -0.15) is 0 Å². The van der Waals surface area contributed by atoms with Crippen LogP contribution in [-0.2, 0) is 16.1 Å². The minimum absolute atomic E-state index is 0.0343. The predicted octanol–water partition coefficient (Wildman–Crippen LogP) is 3.85. The highest BCUT2D eigenvalue weighted by Crippen LogP contribution is 2.40. The number of nitrogens with one attached hydrogen (secondary N) is 1. The average Bonchev–Trinajstić information content (AvgIpc) is 2.97. The van der Waals surface area contributed by atoms with Crippen LogP contribution in [0.2, 0.25) is 0 Å². The smallest absolute Gasteiger partial charge is 0.338 e. The first-order valence-electron chi connectivity index (χ1n) is 6.61. The second-order valence-corrected chi connectivity index (χ2v) is 6.93. The van der Waals surface area contributed by atoms with E-state index in [0.29, 0.717) is 5.56 Å². The van der Waals surface area contributed by atoms with E-state index in [1.807, 2.05) is 30.3 Å². The molecule has 112 valence electrons. The third kappa shape index (κ3) is 3.44. The number of thioether (sulfide) groups is 1. The van der Waals surface area contributed by atoms with Gasteiger partial charge in [-0.1, -0.05) is 42.1 Å². The predicted molar refractivity (Wildman–Crippen MR) is 94.3 cm³/mol. The van der Waals surface area contributed by atoms with E-state index >= 15 is 0 Å². The maximum absolute atomic E-state index is 12.1. The molecule has 22 heavy (non-hydrogen) atoms. The lowest BCUT2D eigenvalue weighted by molar-refractivity contribution is -0.108. The Morgan fingerprint density at radius 3 is 2.68 bits per heavy atom. The van der Waals surface area contributed by atoms with E-state index in [1.165, 1.54) is 11.8 Å². The van der Waals surface area contributed by atoms with Crippen LogP contribution in [0.15, 0.2) is 53.4 Å². The van der Waals surface area contributed by atoms with Crippen LogP contribution < -0.4 is 5.32 Å². The maximum atomic E-state index is 12.1. The van der Waals surface area contributed by atoms with Crippen LogP contribution in [-0.4, -0.2) is 15.1 Å². The molecule has 1 N–H and O–H groups in total. The molecule has 0 fully saturated rings. The van der Waals surface area contributed by atoms with Crippen LogP contribution >= 0.6 is 34.4 Å². The second-order valence-electron chi connectivity index (χ2n) is 4.72. The molecule has 1 heterocycles. The van der Waals surface area contributed by atoms with E-state index in [9.17, 15) is 9.59 Å². The van der Waals surface area contributed by atoms with E-state index in [0.717, 1.165) is 16.1 Å². The lowest BCUT2D eigenvalue weighted by atomic mass is 10.2. The summed E-state index contributed by atoms with van der Waals surface area (Å²) in [4.78, 5) is 24.4. The van der Waals surface area contributed by atoms with E-state index in [-0.39, 0.29) is 21.7 Å². The number of halogens is 1. The summed E-state index contributed by atoms with van der Waals surface area (Å²) < 4.78 is 5.35. The number of hydrogen-bond acceptors (Lipinski definition) is 5. The average molecular weight is 425 g/mol. The largest absolute Gasteiger partial charge is 0.457 e. The van der Waals surface area contributed by atoms with Crippen LogP contribution in [0.1, 0.15) is 15.9 Å². The van der Waals surface area contributed by atoms with Crippen molar-refractivity contribution >= 4 is 49.8 Å². The molecule has 6 heteroatoms. The molecule has 0 spiro atoms. The molecule has 1 unspecified atom stereocenters. The lowest BCUT2D eigenvalue weighted by Gasteiger charge is -2.06. The molecule has 0 saturated heterocycles. The number of carbonyl (C=O) groups is 2. The Morgan fingerprint density at radius 1 is 1.18 bits per heavy atom. The molecule has 4 nitrogen and oxygen atoms in total. The van der Waals surface area contributed by atoms with E-state index < -0.39 is 0 Å². The molecule has 0 aromatic heterocycles. The number of anilines is 1. The molecule has 0 saturated carbocycles. The van der Waals surface area contributed by atoms with Crippen molar-refractivity contribution in [1.82, 2.24) is 0 Å². The summed E-state index contributed by atoms with van der Waals surface area (Å²) in [6, 6.07) is 14.8. The van der Waals surface area contributed by atoms with E-state index in [1.54, 1.807) is 40.8 Å². The fourth-order valence-corrected chi connectivity index (χ4v) is 3.59. The molecule has 1 aliphatic rings. The first-order chi connectivity index (χ1) is 10.6. The minimum Gasteiger partial charge on any atom is -0.457 e. The number of rotatable bonds is 4. The number of fused-ring (bicyclic) bond motifs is 1. The Labute approximate surface area is 145 Å². The van der Waals surface area contributed by atoms with Crippen LogP contribution in [0.3, 0.4) is 0 Å². The lowest BCUT2D eigenvalue weighted by Crippen LogP contribution is -2.16. The standard InChI is InChI=1S/C16H12INO3S/c17-14(19)15-18-12-7-6-11(8-13(12)22-15)16(20)21-9-10-4-2-1-3-5-10/h1-8,15,18H,9H2. The van der Waals surface area contributed by atoms with Crippen molar-refractivity contribution in [2.45, 2.75) is 16.9 Å². The normalized spacial score (nSPS) is 15.8. The van der Waals surface area contributed by atoms with Gasteiger partial charge in [0, 0.05) is 33.2 Å². The summed E-state index contributed by atoms with van der Waals surface area (Å²) in [6.45, 7) is 0.247. The first-order valence-corrected chi connectivity index (χ1v) is 8.57. The first kappa shape index (κ1) is 15.4. The molecule has 2 aromatic rings. The van der Waals surface area contributed by atoms with Crippen molar-refractivity contribution in [2.24, 2.45) is 0 Å². The number of esters is 1. The number of ether oxygens (including phenoxy) is 1. The van der Waals surface area contributed by atoms with Gasteiger partial charge in [0.05, 0.1) is 5.56 Å². The highest BCUT2D eigenvalue weighted by Gasteiger charge is 2.26. The molecular weight excluding hydrogens is 413 g/mol. The van der Waals surface area contributed by atoms with Gasteiger partial charge in [0.2, 0.25) is 3.79 Å². The molecule has 0 aliphatic carbocycles. The monoisotopic (exact) mass is 425 g/mol. The fraction of sp³-hybridized carbons (Fsp3) is 0.125. The maximum Gasteiger partial charge on any atom is 0.338 e. The van der Waals surface area contributed by atoms with Crippen LogP contribution in [0.4, 0.5) is 5.69 Å². The van der Waals surface area contributed by atoms with Crippen molar-refractivity contribution < 1.29 is 14.3 Å². The summed E-state index contributed by atoms with van der Waals surface area (Å²) in [6.07, 6.45) is 0. The zero-order valence-corrected chi connectivity index (χ0v) is 14.4. The van der Waals surface area contributed by atoms with Gasteiger partial charge >= 0.3 is 5.97 Å². The zero-order chi connectivity index (χ0) is 15.5. The second kappa shape index (κ2) is 6.70. The van der Waals surface area contributed by atoms with Crippen LogP contribution in [0, 0.1) is 0 Å². The van der Waals surface area contributed by atoms with Crippen molar-refractivity contribution in [2.75, 3.05) is 5.32 Å². The van der Waals surface area contributed by atoms with E-state index in [2.05, 4.69) is 5.32 Å². The topological polar surface area (TPSA) is 55.4 Å². The third-order valence-electron chi connectivity index (χ3n) is 3.17.